The number of amides is 2. The zero-order valence-corrected chi connectivity index (χ0v) is 18.9. The lowest BCUT2D eigenvalue weighted by Gasteiger charge is -2.16. The van der Waals surface area contributed by atoms with Crippen molar-refractivity contribution in [1.82, 2.24) is 5.32 Å². The van der Waals surface area contributed by atoms with E-state index in [4.69, 9.17) is 19.7 Å². The molecule has 35 heavy (non-hydrogen) atoms. The van der Waals surface area contributed by atoms with Crippen molar-refractivity contribution in [2.75, 3.05) is 25.6 Å². The van der Waals surface area contributed by atoms with Gasteiger partial charge in [0.1, 0.15) is 12.4 Å². The average Bonchev–Trinajstić information content (AvgIpc) is 3.19. The number of anilines is 1. The van der Waals surface area contributed by atoms with Gasteiger partial charge in [0.25, 0.3) is 5.91 Å². The third-order valence-corrected chi connectivity index (χ3v) is 5.82. The van der Waals surface area contributed by atoms with E-state index in [0.717, 1.165) is 22.3 Å². The first-order chi connectivity index (χ1) is 16.9. The van der Waals surface area contributed by atoms with Crippen LogP contribution in [0.5, 0.6) is 5.75 Å². The zero-order chi connectivity index (χ0) is 24.9. The fourth-order valence-corrected chi connectivity index (χ4v) is 4.13. The van der Waals surface area contributed by atoms with Gasteiger partial charge in [-0.25, -0.2) is 9.59 Å². The molecule has 3 aromatic carbocycles. The van der Waals surface area contributed by atoms with Crippen LogP contribution in [-0.2, 0) is 9.53 Å². The predicted molar refractivity (Wildman–Crippen MR) is 128 cm³/mol. The number of nitrogens with one attached hydrogen (secondary N) is 2. The van der Waals surface area contributed by atoms with E-state index in [9.17, 15) is 14.4 Å². The summed E-state index contributed by atoms with van der Waals surface area (Å²) in [4.78, 5) is 36.0. The number of hydrogen-bond donors (Lipinski definition) is 4. The lowest BCUT2D eigenvalue weighted by atomic mass is 9.98. The van der Waals surface area contributed by atoms with Crippen molar-refractivity contribution in [3.63, 3.8) is 0 Å². The quantitative estimate of drug-likeness (QED) is 0.392. The lowest BCUT2D eigenvalue weighted by molar-refractivity contribution is -0.140. The number of aliphatic hydroxyl groups excluding tert-OH is 1. The Morgan fingerprint density at radius 2 is 1.60 bits per heavy atom. The van der Waals surface area contributed by atoms with E-state index in [1.54, 1.807) is 0 Å². The summed E-state index contributed by atoms with van der Waals surface area (Å²) in [6.07, 6.45) is -0.669. The van der Waals surface area contributed by atoms with Crippen molar-refractivity contribution in [3.05, 3.63) is 83.4 Å². The molecule has 2 amide bonds. The molecule has 0 heterocycles. The Morgan fingerprint density at radius 1 is 0.971 bits per heavy atom. The maximum Gasteiger partial charge on any atom is 0.411 e. The normalized spacial score (nSPS) is 12.7. The Labute approximate surface area is 201 Å². The summed E-state index contributed by atoms with van der Waals surface area (Å²) < 4.78 is 10.7. The molecule has 4 rings (SSSR count). The second-order valence-electron chi connectivity index (χ2n) is 7.91. The fraction of sp³-hybridized carbons (Fsp3) is 0.192. The van der Waals surface area contributed by atoms with Gasteiger partial charge in [-0.05, 0) is 34.4 Å². The van der Waals surface area contributed by atoms with E-state index in [2.05, 4.69) is 22.8 Å². The Balaban J connectivity index is 1.43. The molecule has 1 aliphatic rings. The highest BCUT2D eigenvalue weighted by atomic mass is 16.5. The fourth-order valence-electron chi connectivity index (χ4n) is 4.13. The minimum Gasteiger partial charge on any atom is -0.496 e. The average molecular weight is 476 g/mol. The standard InChI is InChI=1S/C26H24N2O7/c1-34-23-12-15(10-11-20(23)24(30)28-22(13-29)25(31)32)27-26(33)35-14-21-18-8-4-2-6-16(18)17-7-3-5-9-19(17)21/h2-12,21-22,29H,13-14H2,1H3,(H,27,33)(H,28,30)(H,31,32)/t22-/m1/s1. The molecule has 9 nitrogen and oxygen atoms in total. The van der Waals surface area contributed by atoms with Gasteiger partial charge in [-0.3, -0.25) is 10.1 Å². The maximum absolute atomic E-state index is 12.5. The molecule has 0 saturated heterocycles. The van der Waals surface area contributed by atoms with E-state index in [1.165, 1.54) is 25.3 Å². The molecule has 180 valence electrons. The van der Waals surface area contributed by atoms with Crippen molar-refractivity contribution in [2.45, 2.75) is 12.0 Å². The molecule has 0 spiro atoms. The number of methoxy groups -OCH3 is 1. The van der Waals surface area contributed by atoms with Gasteiger partial charge in [0.15, 0.2) is 6.04 Å². The third-order valence-electron chi connectivity index (χ3n) is 5.82. The van der Waals surface area contributed by atoms with E-state index >= 15 is 0 Å². The third kappa shape index (κ3) is 4.95. The number of aliphatic carboxylic acids is 1. The summed E-state index contributed by atoms with van der Waals surface area (Å²) in [6.45, 7) is -0.611. The molecule has 9 heteroatoms. The second-order valence-corrected chi connectivity index (χ2v) is 7.91. The number of carboxylic acid groups (broad SMARTS) is 1. The number of rotatable bonds is 8. The van der Waals surface area contributed by atoms with Gasteiger partial charge in [-0.2, -0.15) is 0 Å². The highest BCUT2D eigenvalue weighted by Gasteiger charge is 2.29. The maximum atomic E-state index is 12.5. The molecule has 3 aromatic rings. The number of hydrogen-bond acceptors (Lipinski definition) is 6. The summed E-state index contributed by atoms with van der Waals surface area (Å²) in [6, 6.07) is 18.9. The highest BCUT2D eigenvalue weighted by molar-refractivity contribution is 6.00. The number of benzene rings is 3. The Morgan fingerprint density at radius 3 is 2.17 bits per heavy atom. The first-order valence-corrected chi connectivity index (χ1v) is 10.9. The van der Waals surface area contributed by atoms with Crippen molar-refractivity contribution >= 4 is 23.7 Å². The van der Waals surface area contributed by atoms with Gasteiger partial charge in [0.2, 0.25) is 0 Å². The van der Waals surface area contributed by atoms with Crippen LogP contribution in [0.15, 0.2) is 66.7 Å². The number of carbonyl (C=O) groups excluding carboxylic acids is 2. The summed E-state index contributed by atoms with van der Waals surface area (Å²) >= 11 is 0. The van der Waals surface area contributed by atoms with Crippen LogP contribution in [0.4, 0.5) is 10.5 Å². The summed E-state index contributed by atoms with van der Waals surface area (Å²) in [5.74, 6) is -2.08. The van der Waals surface area contributed by atoms with Crippen LogP contribution in [-0.4, -0.2) is 54.5 Å². The first-order valence-electron chi connectivity index (χ1n) is 10.9. The van der Waals surface area contributed by atoms with E-state index in [1.807, 2.05) is 36.4 Å². The van der Waals surface area contributed by atoms with Gasteiger partial charge in [-0.1, -0.05) is 48.5 Å². The SMILES string of the molecule is COc1cc(NC(=O)OCC2c3ccccc3-c3ccccc32)ccc1C(=O)N[C@H](CO)C(=O)O. The minimum atomic E-state index is -1.45. The summed E-state index contributed by atoms with van der Waals surface area (Å²) in [5, 5.41) is 22.9. The highest BCUT2D eigenvalue weighted by Crippen LogP contribution is 2.44. The van der Waals surface area contributed by atoms with Gasteiger partial charge in [0, 0.05) is 17.7 Å². The Bertz CT molecular complexity index is 1230. The van der Waals surface area contributed by atoms with Gasteiger partial charge >= 0.3 is 12.1 Å². The van der Waals surface area contributed by atoms with Gasteiger partial charge in [0.05, 0.1) is 19.3 Å². The van der Waals surface area contributed by atoms with Crippen LogP contribution in [0.3, 0.4) is 0 Å². The monoisotopic (exact) mass is 476 g/mol. The van der Waals surface area contributed by atoms with E-state index in [0.29, 0.717) is 5.69 Å². The molecule has 1 aliphatic carbocycles. The number of carboxylic acids is 1. The number of ether oxygens (including phenoxy) is 2. The Hall–Kier alpha value is -4.37. The number of aliphatic hydroxyl groups is 1. The topological polar surface area (TPSA) is 134 Å². The molecule has 0 fully saturated rings. The van der Waals surface area contributed by atoms with Crippen LogP contribution < -0.4 is 15.4 Å². The minimum absolute atomic E-state index is 0.0466. The molecular weight excluding hydrogens is 452 g/mol. The van der Waals surface area contributed by atoms with Gasteiger partial charge < -0.3 is 25.0 Å². The smallest absolute Gasteiger partial charge is 0.411 e. The molecule has 0 aliphatic heterocycles. The molecule has 0 unspecified atom stereocenters. The van der Waals surface area contributed by atoms with Crippen LogP contribution >= 0.6 is 0 Å². The van der Waals surface area contributed by atoms with Crippen molar-refractivity contribution < 1.29 is 34.1 Å². The molecule has 0 aromatic heterocycles. The first kappa shape index (κ1) is 23.8. The zero-order valence-electron chi connectivity index (χ0n) is 18.9. The molecule has 4 N–H and O–H groups in total. The lowest BCUT2D eigenvalue weighted by Crippen LogP contribution is -2.43. The largest absolute Gasteiger partial charge is 0.496 e. The second kappa shape index (κ2) is 10.3. The molecule has 0 saturated carbocycles. The Kier molecular flexibility index (Phi) is 6.98. The van der Waals surface area contributed by atoms with E-state index in [-0.39, 0.29) is 23.8 Å². The van der Waals surface area contributed by atoms with Crippen LogP contribution in [0.25, 0.3) is 11.1 Å². The van der Waals surface area contributed by atoms with Crippen LogP contribution in [0.2, 0.25) is 0 Å². The molecule has 1 atom stereocenters. The number of fused-ring (bicyclic) bond motifs is 3. The summed E-state index contributed by atoms with van der Waals surface area (Å²) in [7, 11) is 1.34. The van der Waals surface area contributed by atoms with Gasteiger partial charge in [-0.15, -0.1) is 0 Å². The van der Waals surface area contributed by atoms with Crippen molar-refractivity contribution in [3.8, 4) is 16.9 Å². The summed E-state index contributed by atoms with van der Waals surface area (Å²) in [5.41, 5.74) is 4.82. The van der Waals surface area contributed by atoms with Crippen molar-refractivity contribution in [2.24, 2.45) is 0 Å². The molecule has 0 bridgehead atoms. The van der Waals surface area contributed by atoms with Crippen LogP contribution in [0.1, 0.15) is 27.4 Å². The van der Waals surface area contributed by atoms with E-state index < -0.39 is 30.6 Å². The van der Waals surface area contributed by atoms with Crippen LogP contribution in [0, 0.1) is 0 Å². The molecular formula is C26H24N2O7. The molecule has 0 radical (unpaired) electrons. The number of carbonyl (C=O) groups is 3. The van der Waals surface area contributed by atoms with Crippen molar-refractivity contribution in [1.29, 1.82) is 0 Å². The predicted octanol–water partition coefficient (Wildman–Crippen LogP) is 3.23.